The van der Waals surface area contributed by atoms with Gasteiger partial charge in [-0.2, -0.15) is 4.98 Å². The average Bonchev–Trinajstić information content (AvgIpc) is 3.15. The van der Waals surface area contributed by atoms with Crippen LogP contribution in [0, 0.1) is 5.82 Å². The number of hydrogen-bond acceptors (Lipinski definition) is 5. The smallest absolute Gasteiger partial charge is 0.261 e. The van der Waals surface area contributed by atoms with Crippen molar-refractivity contribution in [3.8, 4) is 22.8 Å². The summed E-state index contributed by atoms with van der Waals surface area (Å²) in [7, 11) is 1.82. The Morgan fingerprint density at radius 1 is 1.14 bits per heavy atom. The molecule has 4 rings (SSSR count). The topological polar surface area (TPSA) is 69.6 Å². The standard InChI is InChI=1S/C15H10FN5O/c1-21-13-7-6-9(8-12(13)18-20-21)14-17-15(22-19-14)10-4-2-3-5-11(10)16/h2-8H,1H3. The second-order valence-corrected chi connectivity index (χ2v) is 4.82. The molecule has 0 spiro atoms. The fourth-order valence-corrected chi connectivity index (χ4v) is 2.26. The van der Waals surface area contributed by atoms with Gasteiger partial charge in [0.1, 0.15) is 11.3 Å². The second-order valence-electron chi connectivity index (χ2n) is 4.82. The Kier molecular flexibility index (Phi) is 2.72. The molecule has 108 valence electrons. The Morgan fingerprint density at radius 3 is 2.86 bits per heavy atom. The Balaban J connectivity index is 1.78. The Morgan fingerprint density at radius 2 is 2.00 bits per heavy atom. The summed E-state index contributed by atoms with van der Waals surface area (Å²) in [5.41, 5.74) is 2.65. The van der Waals surface area contributed by atoms with Crippen molar-refractivity contribution in [2.75, 3.05) is 0 Å². The van der Waals surface area contributed by atoms with Gasteiger partial charge >= 0.3 is 0 Å². The molecule has 2 aromatic carbocycles. The van der Waals surface area contributed by atoms with Crippen LogP contribution in [0.2, 0.25) is 0 Å². The minimum Gasteiger partial charge on any atom is -0.334 e. The highest BCUT2D eigenvalue weighted by Gasteiger charge is 2.14. The fraction of sp³-hybridized carbons (Fsp3) is 0.0667. The molecular weight excluding hydrogens is 285 g/mol. The summed E-state index contributed by atoms with van der Waals surface area (Å²) >= 11 is 0. The molecule has 0 radical (unpaired) electrons. The maximum absolute atomic E-state index is 13.7. The zero-order chi connectivity index (χ0) is 15.1. The van der Waals surface area contributed by atoms with Crippen molar-refractivity contribution < 1.29 is 8.91 Å². The van der Waals surface area contributed by atoms with E-state index in [0.717, 1.165) is 16.6 Å². The van der Waals surface area contributed by atoms with Gasteiger partial charge in [0.05, 0.1) is 11.1 Å². The van der Waals surface area contributed by atoms with E-state index in [-0.39, 0.29) is 11.5 Å². The lowest BCUT2D eigenvalue weighted by atomic mass is 10.2. The van der Waals surface area contributed by atoms with Crippen LogP contribution in [0.4, 0.5) is 4.39 Å². The van der Waals surface area contributed by atoms with Gasteiger partial charge in [-0.25, -0.2) is 9.07 Å². The highest BCUT2D eigenvalue weighted by molar-refractivity contribution is 5.79. The third-order valence-electron chi connectivity index (χ3n) is 3.40. The zero-order valence-corrected chi connectivity index (χ0v) is 11.6. The highest BCUT2D eigenvalue weighted by Crippen LogP contribution is 2.25. The molecular formula is C15H10FN5O. The molecule has 0 aliphatic carbocycles. The number of nitrogens with zero attached hydrogens (tertiary/aromatic N) is 5. The Labute approximate surface area is 124 Å². The van der Waals surface area contributed by atoms with Crippen LogP contribution < -0.4 is 0 Å². The molecule has 0 fully saturated rings. The van der Waals surface area contributed by atoms with Crippen molar-refractivity contribution in [2.24, 2.45) is 7.05 Å². The summed E-state index contributed by atoms with van der Waals surface area (Å²) in [6, 6.07) is 11.8. The summed E-state index contributed by atoms with van der Waals surface area (Å²) in [6.07, 6.45) is 0. The van der Waals surface area contributed by atoms with Gasteiger partial charge in [0, 0.05) is 12.6 Å². The van der Waals surface area contributed by atoms with E-state index in [0.29, 0.717) is 5.82 Å². The molecule has 4 aromatic rings. The van der Waals surface area contributed by atoms with Crippen LogP contribution in [0.15, 0.2) is 47.0 Å². The van der Waals surface area contributed by atoms with Crippen LogP contribution >= 0.6 is 0 Å². The molecule has 7 heteroatoms. The van der Waals surface area contributed by atoms with Crippen LogP contribution in [-0.4, -0.2) is 25.1 Å². The quantitative estimate of drug-likeness (QED) is 0.568. The Bertz CT molecular complexity index is 975. The molecule has 0 bridgehead atoms. The highest BCUT2D eigenvalue weighted by atomic mass is 19.1. The van der Waals surface area contributed by atoms with Gasteiger partial charge in [0.25, 0.3) is 5.89 Å². The monoisotopic (exact) mass is 295 g/mol. The lowest BCUT2D eigenvalue weighted by Gasteiger charge is -1.96. The normalized spacial score (nSPS) is 11.2. The van der Waals surface area contributed by atoms with Crippen molar-refractivity contribution >= 4 is 11.0 Å². The predicted molar refractivity (Wildman–Crippen MR) is 77.2 cm³/mol. The van der Waals surface area contributed by atoms with E-state index >= 15 is 0 Å². The minimum atomic E-state index is -0.401. The Hall–Kier alpha value is -3.09. The molecule has 0 unspecified atom stereocenters. The molecule has 2 aromatic heterocycles. The van der Waals surface area contributed by atoms with Crippen LogP contribution in [0.25, 0.3) is 33.9 Å². The number of aryl methyl sites for hydroxylation is 1. The van der Waals surface area contributed by atoms with E-state index in [1.54, 1.807) is 22.9 Å². The number of fused-ring (bicyclic) bond motifs is 1. The van der Waals surface area contributed by atoms with Crippen LogP contribution in [0.5, 0.6) is 0 Å². The molecule has 2 heterocycles. The molecule has 0 saturated heterocycles. The molecule has 0 aliphatic heterocycles. The van der Waals surface area contributed by atoms with Gasteiger partial charge in [-0.15, -0.1) is 5.10 Å². The zero-order valence-electron chi connectivity index (χ0n) is 11.6. The van der Waals surface area contributed by atoms with E-state index in [1.165, 1.54) is 6.07 Å². The van der Waals surface area contributed by atoms with E-state index in [4.69, 9.17) is 4.52 Å². The van der Waals surface area contributed by atoms with E-state index in [2.05, 4.69) is 20.5 Å². The lowest BCUT2D eigenvalue weighted by molar-refractivity contribution is 0.429. The van der Waals surface area contributed by atoms with Crippen molar-refractivity contribution in [3.63, 3.8) is 0 Å². The molecule has 0 amide bonds. The number of halogens is 1. The first-order valence-electron chi connectivity index (χ1n) is 6.61. The van der Waals surface area contributed by atoms with Gasteiger partial charge in [-0.3, -0.25) is 0 Å². The van der Waals surface area contributed by atoms with Crippen molar-refractivity contribution in [3.05, 3.63) is 48.3 Å². The molecule has 0 aliphatic rings. The number of benzene rings is 2. The van der Waals surface area contributed by atoms with Gasteiger partial charge in [0.15, 0.2) is 0 Å². The SMILES string of the molecule is Cn1nnc2cc(-c3noc(-c4ccccc4F)n3)ccc21. The summed E-state index contributed by atoms with van der Waals surface area (Å²) < 4.78 is 20.6. The fourth-order valence-electron chi connectivity index (χ4n) is 2.26. The van der Waals surface area contributed by atoms with Crippen molar-refractivity contribution in [2.45, 2.75) is 0 Å². The third-order valence-corrected chi connectivity index (χ3v) is 3.40. The summed E-state index contributed by atoms with van der Waals surface area (Å²) in [5.74, 6) is 0.125. The van der Waals surface area contributed by atoms with Crippen molar-refractivity contribution in [1.29, 1.82) is 0 Å². The lowest BCUT2D eigenvalue weighted by Crippen LogP contribution is -1.89. The molecule has 0 N–H and O–H groups in total. The number of rotatable bonds is 2. The number of hydrogen-bond donors (Lipinski definition) is 0. The third kappa shape index (κ3) is 1.95. The molecule has 0 saturated carbocycles. The first-order valence-corrected chi connectivity index (χ1v) is 6.61. The molecule has 0 atom stereocenters. The first-order chi connectivity index (χ1) is 10.7. The average molecular weight is 295 g/mol. The molecule has 22 heavy (non-hydrogen) atoms. The van der Waals surface area contributed by atoms with Crippen molar-refractivity contribution in [1.82, 2.24) is 25.1 Å². The van der Waals surface area contributed by atoms with E-state index in [1.807, 2.05) is 25.2 Å². The predicted octanol–water partition coefficient (Wildman–Crippen LogP) is 2.82. The minimum absolute atomic E-state index is 0.146. The maximum atomic E-state index is 13.7. The summed E-state index contributed by atoms with van der Waals surface area (Å²) in [5, 5.41) is 11.9. The number of aromatic nitrogens is 5. The van der Waals surface area contributed by atoms with Gasteiger partial charge in [-0.05, 0) is 30.3 Å². The van der Waals surface area contributed by atoms with E-state index in [9.17, 15) is 4.39 Å². The molecule has 6 nitrogen and oxygen atoms in total. The van der Waals surface area contributed by atoms with E-state index < -0.39 is 5.82 Å². The first kappa shape index (κ1) is 12.6. The maximum Gasteiger partial charge on any atom is 0.261 e. The summed E-state index contributed by atoms with van der Waals surface area (Å²) in [4.78, 5) is 4.25. The second kappa shape index (κ2) is 4.73. The van der Waals surface area contributed by atoms with Gasteiger partial charge in [-0.1, -0.05) is 22.5 Å². The van der Waals surface area contributed by atoms with Crippen LogP contribution in [0.1, 0.15) is 0 Å². The van der Waals surface area contributed by atoms with Crippen LogP contribution in [0.3, 0.4) is 0 Å². The van der Waals surface area contributed by atoms with Crippen LogP contribution in [-0.2, 0) is 7.05 Å². The largest absolute Gasteiger partial charge is 0.334 e. The van der Waals surface area contributed by atoms with Gasteiger partial charge < -0.3 is 4.52 Å². The van der Waals surface area contributed by atoms with Gasteiger partial charge in [0.2, 0.25) is 5.82 Å². The summed E-state index contributed by atoms with van der Waals surface area (Å²) in [6.45, 7) is 0.